The van der Waals surface area contributed by atoms with Crippen LogP contribution in [-0.4, -0.2) is 43.1 Å². The molecule has 0 bridgehead atoms. The van der Waals surface area contributed by atoms with Crippen LogP contribution in [0, 0.1) is 0 Å². The average Bonchev–Trinajstić information content (AvgIpc) is 2.89. The van der Waals surface area contributed by atoms with Crippen LogP contribution in [0.25, 0.3) is 11.1 Å². The van der Waals surface area contributed by atoms with Gasteiger partial charge in [-0.2, -0.15) is 0 Å². The van der Waals surface area contributed by atoms with Crippen molar-refractivity contribution in [2.24, 2.45) is 0 Å². The van der Waals surface area contributed by atoms with E-state index in [0.29, 0.717) is 31.7 Å². The van der Waals surface area contributed by atoms with Gasteiger partial charge in [0.15, 0.2) is 6.10 Å². The number of piperidine rings is 1. The summed E-state index contributed by atoms with van der Waals surface area (Å²) in [7, 11) is 1.42. The zero-order valence-electron chi connectivity index (χ0n) is 19.1. The highest BCUT2D eigenvalue weighted by Gasteiger charge is 2.45. The molecule has 1 atom stereocenters. The Morgan fingerprint density at radius 1 is 0.818 bits per heavy atom. The molecule has 0 aliphatic carbocycles. The molecule has 1 unspecified atom stereocenters. The smallest absolute Gasteiger partial charge is 0.316 e. The van der Waals surface area contributed by atoms with Gasteiger partial charge in [0.25, 0.3) is 5.91 Å². The molecule has 1 aliphatic heterocycles. The molecule has 1 saturated heterocycles. The number of amides is 1. The highest BCUT2D eigenvalue weighted by Crippen LogP contribution is 2.37. The molecule has 0 N–H and O–H groups in total. The summed E-state index contributed by atoms with van der Waals surface area (Å²) < 4.78 is 11.1. The first kappa shape index (κ1) is 22.6. The van der Waals surface area contributed by atoms with E-state index in [9.17, 15) is 9.59 Å². The lowest BCUT2D eigenvalue weighted by Crippen LogP contribution is -2.51. The van der Waals surface area contributed by atoms with Crippen LogP contribution in [-0.2, 0) is 19.7 Å². The summed E-state index contributed by atoms with van der Waals surface area (Å²) in [6.07, 6.45) is 0.428. The Bertz CT molecular complexity index is 1070. The zero-order valence-corrected chi connectivity index (χ0v) is 19.1. The Hall–Kier alpha value is -3.60. The predicted molar refractivity (Wildman–Crippen MR) is 128 cm³/mol. The van der Waals surface area contributed by atoms with Crippen molar-refractivity contribution in [2.45, 2.75) is 31.3 Å². The number of hydrogen-bond acceptors (Lipinski definition) is 4. The van der Waals surface area contributed by atoms with Crippen LogP contribution < -0.4 is 4.74 Å². The van der Waals surface area contributed by atoms with Crippen LogP contribution >= 0.6 is 0 Å². The molecule has 0 saturated carbocycles. The maximum Gasteiger partial charge on any atom is 0.316 e. The normalized spacial score (nSPS) is 16.0. The van der Waals surface area contributed by atoms with Crippen molar-refractivity contribution >= 4 is 11.9 Å². The highest BCUT2D eigenvalue weighted by atomic mass is 16.5. The van der Waals surface area contributed by atoms with Crippen molar-refractivity contribution in [1.82, 2.24) is 4.90 Å². The molecule has 0 aromatic heterocycles. The van der Waals surface area contributed by atoms with Crippen LogP contribution in [0.3, 0.4) is 0 Å². The van der Waals surface area contributed by atoms with E-state index < -0.39 is 11.5 Å². The van der Waals surface area contributed by atoms with Gasteiger partial charge in [0, 0.05) is 13.1 Å². The van der Waals surface area contributed by atoms with Crippen LogP contribution in [0.15, 0.2) is 84.9 Å². The maximum absolute atomic E-state index is 13.1. The first-order valence-corrected chi connectivity index (χ1v) is 11.3. The van der Waals surface area contributed by atoms with Gasteiger partial charge in [-0.05, 0) is 48.6 Å². The van der Waals surface area contributed by atoms with E-state index in [1.165, 1.54) is 7.11 Å². The van der Waals surface area contributed by atoms with Crippen molar-refractivity contribution in [3.8, 4) is 16.9 Å². The van der Waals surface area contributed by atoms with Gasteiger partial charge in [0.2, 0.25) is 0 Å². The molecule has 1 amide bonds. The van der Waals surface area contributed by atoms with Crippen LogP contribution in [0.2, 0.25) is 0 Å². The van der Waals surface area contributed by atoms with E-state index in [0.717, 1.165) is 16.7 Å². The quantitative estimate of drug-likeness (QED) is 0.511. The highest BCUT2D eigenvalue weighted by molar-refractivity contribution is 5.85. The summed E-state index contributed by atoms with van der Waals surface area (Å²) in [5.74, 6) is 0.331. The van der Waals surface area contributed by atoms with Crippen molar-refractivity contribution in [2.75, 3.05) is 20.2 Å². The molecule has 0 spiro atoms. The van der Waals surface area contributed by atoms with E-state index in [1.807, 2.05) is 72.8 Å². The van der Waals surface area contributed by atoms with E-state index in [1.54, 1.807) is 11.8 Å². The topological polar surface area (TPSA) is 55.8 Å². The summed E-state index contributed by atoms with van der Waals surface area (Å²) in [5, 5.41) is 0. The number of benzene rings is 3. The molecule has 1 heterocycles. The molecule has 4 rings (SSSR count). The number of likely N-dealkylation sites (tertiary alicyclic amines) is 1. The number of ether oxygens (including phenoxy) is 2. The Kier molecular flexibility index (Phi) is 6.78. The van der Waals surface area contributed by atoms with Crippen molar-refractivity contribution in [3.05, 3.63) is 90.5 Å². The standard InChI is InChI=1S/C28H29NO4/c1-21(33-25-15-13-23(14-16-25)22-9-5-3-6-10-22)26(30)29-19-17-28(18-20-29,27(31)32-2)24-11-7-4-8-12-24/h3-16,21H,17-20H2,1-2H3. The molecule has 33 heavy (non-hydrogen) atoms. The Morgan fingerprint density at radius 2 is 1.36 bits per heavy atom. The van der Waals surface area contributed by atoms with Gasteiger partial charge in [-0.15, -0.1) is 0 Å². The minimum atomic E-state index is -0.718. The largest absolute Gasteiger partial charge is 0.481 e. The SMILES string of the molecule is COC(=O)C1(c2ccccc2)CCN(C(=O)C(C)Oc2ccc(-c3ccccc3)cc2)CC1. The third-order valence-corrected chi connectivity index (χ3v) is 6.45. The van der Waals surface area contributed by atoms with Gasteiger partial charge in [-0.3, -0.25) is 9.59 Å². The molecule has 170 valence electrons. The molecule has 0 radical (unpaired) electrons. The fourth-order valence-electron chi connectivity index (χ4n) is 4.54. The zero-order chi connectivity index (χ0) is 23.3. The van der Waals surface area contributed by atoms with Crippen LogP contribution in [0.5, 0.6) is 5.75 Å². The van der Waals surface area contributed by atoms with Gasteiger partial charge in [-0.1, -0.05) is 72.8 Å². The first-order chi connectivity index (χ1) is 16.0. The lowest BCUT2D eigenvalue weighted by Gasteiger charge is -2.40. The van der Waals surface area contributed by atoms with Gasteiger partial charge < -0.3 is 14.4 Å². The van der Waals surface area contributed by atoms with Crippen LogP contribution in [0.1, 0.15) is 25.3 Å². The Balaban J connectivity index is 1.39. The number of carbonyl (C=O) groups excluding carboxylic acids is 2. The molecule has 1 fully saturated rings. The molecular formula is C28H29NO4. The maximum atomic E-state index is 13.1. The van der Waals surface area contributed by atoms with Gasteiger partial charge >= 0.3 is 5.97 Å². The van der Waals surface area contributed by atoms with Crippen molar-refractivity contribution < 1.29 is 19.1 Å². The van der Waals surface area contributed by atoms with E-state index in [4.69, 9.17) is 9.47 Å². The summed E-state index contributed by atoms with van der Waals surface area (Å²) in [5.41, 5.74) is 2.45. The summed E-state index contributed by atoms with van der Waals surface area (Å²) in [6, 6.07) is 27.6. The van der Waals surface area contributed by atoms with Gasteiger partial charge in [0.1, 0.15) is 5.75 Å². The third-order valence-electron chi connectivity index (χ3n) is 6.45. The van der Waals surface area contributed by atoms with Gasteiger partial charge in [-0.25, -0.2) is 0 Å². The molecule has 1 aliphatic rings. The fraction of sp³-hybridized carbons (Fsp3) is 0.286. The number of esters is 1. The molecule has 5 heteroatoms. The molecule has 3 aromatic carbocycles. The number of rotatable bonds is 6. The van der Waals surface area contributed by atoms with Crippen LogP contribution in [0.4, 0.5) is 0 Å². The third kappa shape index (κ3) is 4.77. The van der Waals surface area contributed by atoms with E-state index >= 15 is 0 Å². The first-order valence-electron chi connectivity index (χ1n) is 11.3. The average molecular weight is 444 g/mol. The van der Waals surface area contributed by atoms with Gasteiger partial charge in [0.05, 0.1) is 12.5 Å². The minimum absolute atomic E-state index is 0.0753. The fourth-order valence-corrected chi connectivity index (χ4v) is 4.54. The summed E-state index contributed by atoms with van der Waals surface area (Å²) in [6.45, 7) is 2.72. The lowest BCUT2D eigenvalue weighted by atomic mass is 9.72. The second-order valence-electron chi connectivity index (χ2n) is 8.42. The van der Waals surface area contributed by atoms with Crippen molar-refractivity contribution in [1.29, 1.82) is 0 Å². The second-order valence-corrected chi connectivity index (χ2v) is 8.42. The van der Waals surface area contributed by atoms with Crippen molar-refractivity contribution in [3.63, 3.8) is 0 Å². The number of hydrogen-bond donors (Lipinski definition) is 0. The number of carbonyl (C=O) groups is 2. The number of nitrogens with zero attached hydrogens (tertiary/aromatic N) is 1. The molecule has 5 nitrogen and oxygen atoms in total. The van der Waals surface area contributed by atoms with E-state index in [2.05, 4.69) is 12.1 Å². The predicted octanol–water partition coefficient (Wildman–Crippen LogP) is 4.85. The monoisotopic (exact) mass is 443 g/mol. The summed E-state index contributed by atoms with van der Waals surface area (Å²) >= 11 is 0. The van der Waals surface area contributed by atoms with E-state index in [-0.39, 0.29) is 11.9 Å². The lowest BCUT2D eigenvalue weighted by molar-refractivity contribution is -0.152. The Morgan fingerprint density at radius 3 is 1.94 bits per heavy atom. The molecular weight excluding hydrogens is 414 g/mol. The number of methoxy groups -OCH3 is 1. The minimum Gasteiger partial charge on any atom is -0.481 e. The Labute approximate surface area is 194 Å². The molecule has 3 aromatic rings. The summed E-state index contributed by atoms with van der Waals surface area (Å²) in [4.78, 5) is 27.6. The second kappa shape index (κ2) is 9.90.